The summed E-state index contributed by atoms with van der Waals surface area (Å²) in [6, 6.07) is 11.6. The SMILES string of the molecule is CCOc1cc(/C=C2/CC/C(=C/c3ccc(OC(C)C)c(OCC)c3)C2=O)ccc1OC(C)C. The zero-order chi connectivity index (χ0) is 24.7. The molecule has 0 aliphatic heterocycles. The molecule has 2 aromatic carbocycles. The Bertz CT molecular complexity index is 979. The van der Waals surface area contributed by atoms with Gasteiger partial charge >= 0.3 is 0 Å². The van der Waals surface area contributed by atoms with Crippen LogP contribution in [0.15, 0.2) is 47.5 Å². The molecule has 1 aliphatic rings. The van der Waals surface area contributed by atoms with Crippen LogP contribution in [0.25, 0.3) is 12.2 Å². The fourth-order valence-electron chi connectivity index (χ4n) is 3.85. The summed E-state index contributed by atoms with van der Waals surface area (Å²) in [6.07, 6.45) is 5.45. The Hall–Kier alpha value is -3.21. The number of hydrogen-bond donors (Lipinski definition) is 0. The van der Waals surface area contributed by atoms with Gasteiger partial charge in [-0.25, -0.2) is 0 Å². The number of ether oxygens (including phenoxy) is 4. The van der Waals surface area contributed by atoms with Crippen molar-refractivity contribution in [3.8, 4) is 23.0 Å². The Morgan fingerprint density at radius 2 is 1.12 bits per heavy atom. The van der Waals surface area contributed by atoms with Gasteiger partial charge in [0.1, 0.15) is 0 Å². The van der Waals surface area contributed by atoms with E-state index in [0.717, 1.165) is 22.3 Å². The maximum Gasteiger partial charge on any atom is 0.185 e. The van der Waals surface area contributed by atoms with E-state index < -0.39 is 0 Å². The molecule has 5 heteroatoms. The summed E-state index contributed by atoms with van der Waals surface area (Å²) in [6.45, 7) is 12.9. The Kier molecular flexibility index (Phi) is 8.80. The van der Waals surface area contributed by atoms with E-state index in [0.29, 0.717) is 49.1 Å². The number of hydrogen-bond acceptors (Lipinski definition) is 5. The molecule has 0 unspecified atom stereocenters. The molecule has 34 heavy (non-hydrogen) atoms. The van der Waals surface area contributed by atoms with Crippen LogP contribution in [0.4, 0.5) is 0 Å². The van der Waals surface area contributed by atoms with Gasteiger partial charge in [0.2, 0.25) is 0 Å². The highest BCUT2D eigenvalue weighted by Crippen LogP contribution is 2.35. The highest BCUT2D eigenvalue weighted by molar-refractivity contribution is 6.15. The Morgan fingerprint density at radius 3 is 1.47 bits per heavy atom. The van der Waals surface area contributed by atoms with Crippen LogP contribution in [0.5, 0.6) is 23.0 Å². The van der Waals surface area contributed by atoms with Gasteiger partial charge in [-0.15, -0.1) is 0 Å². The van der Waals surface area contributed by atoms with E-state index >= 15 is 0 Å². The molecular formula is C29H36O5. The van der Waals surface area contributed by atoms with Gasteiger partial charge in [-0.1, -0.05) is 12.1 Å². The van der Waals surface area contributed by atoms with Crippen LogP contribution < -0.4 is 18.9 Å². The van der Waals surface area contributed by atoms with E-state index in [1.54, 1.807) is 0 Å². The van der Waals surface area contributed by atoms with Gasteiger partial charge in [-0.2, -0.15) is 0 Å². The zero-order valence-electron chi connectivity index (χ0n) is 21.1. The van der Waals surface area contributed by atoms with Crippen molar-refractivity contribution >= 4 is 17.9 Å². The van der Waals surface area contributed by atoms with E-state index in [1.807, 2.05) is 90.1 Å². The molecule has 5 nitrogen and oxygen atoms in total. The standard InChI is InChI=1S/C29H36O5/c1-7-31-27-17-21(9-13-25(27)33-19(3)4)15-23-11-12-24(29(23)30)16-22-10-14-26(34-20(5)6)28(18-22)32-8-2/h9-10,13-20H,7-8,11-12H2,1-6H3/b23-15-,24-16-. The lowest BCUT2D eigenvalue weighted by atomic mass is 10.1. The normalized spacial score (nSPS) is 16.1. The number of allylic oxidation sites excluding steroid dienone is 2. The van der Waals surface area contributed by atoms with Crippen molar-refractivity contribution in [3.63, 3.8) is 0 Å². The van der Waals surface area contributed by atoms with Gasteiger partial charge in [0, 0.05) is 11.1 Å². The molecule has 3 rings (SSSR count). The first-order valence-corrected chi connectivity index (χ1v) is 12.1. The molecule has 1 fully saturated rings. The Labute approximate surface area is 203 Å². The van der Waals surface area contributed by atoms with Crippen molar-refractivity contribution in [3.05, 3.63) is 58.7 Å². The molecule has 0 atom stereocenters. The lowest BCUT2D eigenvalue weighted by molar-refractivity contribution is -0.111. The van der Waals surface area contributed by atoms with Gasteiger partial charge in [-0.05, 0) is 102 Å². The number of benzene rings is 2. The van der Waals surface area contributed by atoms with E-state index in [2.05, 4.69) is 0 Å². The van der Waals surface area contributed by atoms with Crippen LogP contribution in [0.1, 0.15) is 65.5 Å². The minimum atomic E-state index is 0.0572. The monoisotopic (exact) mass is 464 g/mol. The van der Waals surface area contributed by atoms with Crippen LogP contribution >= 0.6 is 0 Å². The lowest BCUT2D eigenvalue weighted by Crippen LogP contribution is -2.07. The third-order valence-electron chi connectivity index (χ3n) is 5.19. The minimum absolute atomic E-state index is 0.0572. The van der Waals surface area contributed by atoms with Crippen molar-refractivity contribution in [2.75, 3.05) is 13.2 Å². The molecule has 182 valence electrons. The van der Waals surface area contributed by atoms with Crippen molar-refractivity contribution < 1.29 is 23.7 Å². The third-order valence-corrected chi connectivity index (χ3v) is 5.19. The van der Waals surface area contributed by atoms with E-state index in [-0.39, 0.29) is 18.0 Å². The number of carbonyl (C=O) groups excluding carboxylic acids is 1. The fourth-order valence-corrected chi connectivity index (χ4v) is 3.85. The molecule has 0 bridgehead atoms. The lowest BCUT2D eigenvalue weighted by Gasteiger charge is -2.15. The zero-order valence-corrected chi connectivity index (χ0v) is 21.1. The first-order valence-electron chi connectivity index (χ1n) is 12.1. The average Bonchev–Trinajstić information content (AvgIpc) is 3.11. The summed E-state index contributed by atoms with van der Waals surface area (Å²) < 4.78 is 23.2. The molecule has 0 aromatic heterocycles. The highest BCUT2D eigenvalue weighted by Gasteiger charge is 2.23. The van der Waals surface area contributed by atoms with Crippen molar-refractivity contribution in [1.82, 2.24) is 0 Å². The van der Waals surface area contributed by atoms with Crippen molar-refractivity contribution in [2.45, 2.75) is 66.6 Å². The second-order valence-electron chi connectivity index (χ2n) is 8.78. The molecule has 1 saturated carbocycles. The summed E-state index contributed by atoms with van der Waals surface area (Å²) in [5.74, 6) is 2.90. The van der Waals surface area contributed by atoms with Crippen molar-refractivity contribution in [1.29, 1.82) is 0 Å². The van der Waals surface area contributed by atoms with Crippen LogP contribution in [-0.4, -0.2) is 31.2 Å². The molecule has 0 heterocycles. The number of ketones is 1. The van der Waals surface area contributed by atoms with E-state index in [4.69, 9.17) is 18.9 Å². The van der Waals surface area contributed by atoms with Gasteiger partial charge in [-0.3, -0.25) is 4.79 Å². The third kappa shape index (κ3) is 6.66. The number of carbonyl (C=O) groups is 1. The fraction of sp³-hybridized carbons (Fsp3) is 0.414. The predicted molar refractivity (Wildman–Crippen MR) is 137 cm³/mol. The van der Waals surface area contributed by atoms with E-state index in [9.17, 15) is 4.79 Å². The number of Topliss-reactive ketones (excluding diaryl/α,β-unsaturated/α-hetero) is 1. The van der Waals surface area contributed by atoms with Crippen LogP contribution in [-0.2, 0) is 4.79 Å². The van der Waals surface area contributed by atoms with Gasteiger partial charge in [0.05, 0.1) is 25.4 Å². The summed E-state index contributed by atoms with van der Waals surface area (Å²) in [5, 5.41) is 0. The minimum Gasteiger partial charge on any atom is -0.490 e. The molecule has 0 spiro atoms. The first-order chi connectivity index (χ1) is 16.3. The summed E-state index contributed by atoms with van der Waals surface area (Å²) in [5.41, 5.74) is 3.46. The molecule has 1 aliphatic carbocycles. The van der Waals surface area contributed by atoms with Gasteiger partial charge in [0.25, 0.3) is 0 Å². The van der Waals surface area contributed by atoms with Crippen LogP contribution in [0.3, 0.4) is 0 Å². The Morgan fingerprint density at radius 1 is 0.706 bits per heavy atom. The Balaban J connectivity index is 1.83. The first kappa shape index (κ1) is 25.4. The average molecular weight is 465 g/mol. The summed E-state index contributed by atoms with van der Waals surface area (Å²) in [4.78, 5) is 13.1. The van der Waals surface area contributed by atoms with Crippen LogP contribution in [0.2, 0.25) is 0 Å². The molecule has 2 aromatic rings. The summed E-state index contributed by atoms with van der Waals surface area (Å²) >= 11 is 0. The van der Waals surface area contributed by atoms with Crippen molar-refractivity contribution in [2.24, 2.45) is 0 Å². The second-order valence-corrected chi connectivity index (χ2v) is 8.78. The maximum atomic E-state index is 13.1. The number of rotatable bonds is 10. The maximum absolute atomic E-state index is 13.1. The van der Waals surface area contributed by atoms with Gasteiger partial charge in [0.15, 0.2) is 28.8 Å². The second kappa shape index (κ2) is 11.8. The van der Waals surface area contributed by atoms with E-state index in [1.165, 1.54) is 0 Å². The molecule has 0 radical (unpaired) electrons. The van der Waals surface area contributed by atoms with Gasteiger partial charge < -0.3 is 18.9 Å². The summed E-state index contributed by atoms with van der Waals surface area (Å²) in [7, 11) is 0. The molecule has 0 amide bonds. The van der Waals surface area contributed by atoms with Crippen LogP contribution in [0, 0.1) is 0 Å². The molecular weight excluding hydrogens is 428 g/mol. The molecule has 0 saturated heterocycles. The predicted octanol–water partition coefficient (Wildman–Crippen LogP) is 6.89. The smallest absolute Gasteiger partial charge is 0.185 e. The topological polar surface area (TPSA) is 54.0 Å². The largest absolute Gasteiger partial charge is 0.490 e. The molecule has 0 N–H and O–H groups in total. The quantitative estimate of drug-likeness (QED) is 0.358. The highest BCUT2D eigenvalue weighted by atomic mass is 16.5.